The average Bonchev–Trinajstić information content (AvgIpc) is 3.12. The molecule has 6 heteroatoms. The van der Waals surface area contributed by atoms with Crippen LogP contribution in [0.2, 0.25) is 4.34 Å². The van der Waals surface area contributed by atoms with Crippen LogP contribution in [0, 0.1) is 0 Å². The minimum atomic E-state index is -0.0352. The first kappa shape index (κ1) is 15.0. The SMILES string of the molecule is CC(CNC(=O)c1ccc(Cl)s1)N1CCc2sccc2C1. The molecular weight excluding hydrogens is 324 g/mol. The second kappa shape index (κ2) is 6.48. The molecule has 0 aromatic carbocycles. The Morgan fingerprint density at radius 3 is 3.10 bits per heavy atom. The maximum atomic E-state index is 12.0. The number of hydrogen-bond donors (Lipinski definition) is 1. The zero-order chi connectivity index (χ0) is 14.8. The van der Waals surface area contributed by atoms with Crippen LogP contribution in [0.4, 0.5) is 0 Å². The minimum absolute atomic E-state index is 0.0352. The molecule has 0 saturated carbocycles. The summed E-state index contributed by atoms with van der Waals surface area (Å²) in [6.07, 6.45) is 1.12. The molecule has 1 aliphatic rings. The third kappa shape index (κ3) is 3.48. The molecule has 0 radical (unpaired) electrons. The zero-order valence-corrected chi connectivity index (χ0v) is 14.2. The Morgan fingerprint density at radius 2 is 2.33 bits per heavy atom. The Hall–Kier alpha value is -0.880. The molecule has 1 atom stereocenters. The van der Waals surface area contributed by atoms with Crippen LogP contribution in [0.15, 0.2) is 23.6 Å². The summed E-state index contributed by atoms with van der Waals surface area (Å²) in [7, 11) is 0. The molecule has 3 nitrogen and oxygen atoms in total. The van der Waals surface area contributed by atoms with Gasteiger partial charge in [-0.25, -0.2) is 0 Å². The van der Waals surface area contributed by atoms with E-state index in [1.54, 1.807) is 12.1 Å². The highest BCUT2D eigenvalue weighted by atomic mass is 35.5. The number of amides is 1. The molecule has 1 aliphatic heterocycles. The standard InChI is InChI=1S/C15H17ClN2OS2/c1-10(8-17-15(19)13-2-3-14(16)21-13)18-6-4-12-11(9-18)5-7-20-12/h2-3,5,7,10H,4,6,8-9H2,1H3,(H,17,19). The number of nitrogens with one attached hydrogen (secondary N) is 1. The summed E-state index contributed by atoms with van der Waals surface area (Å²) in [5, 5.41) is 5.17. The lowest BCUT2D eigenvalue weighted by molar-refractivity contribution is 0.0937. The molecule has 0 saturated heterocycles. The van der Waals surface area contributed by atoms with Crippen molar-refractivity contribution >= 4 is 40.2 Å². The van der Waals surface area contributed by atoms with E-state index in [0.717, 1.165) is 19.5 Å². The van der Waals surface area contributed by atoms with Gasteiger partial charge in [-0.15, -0.1) is 22.7 Å². The van der Waals surface area contributed by atoms with Gasteiger partial charge in [0.25, 0.3) is 5.91 Å². The van der Waals surface area contributed by atoms with Gasteiger partial charge in [0.2, 0.25) is 0 Å². The first-order valence-electron chi connectivity index (χ1n) is 6.96. The van der Waals surface area contributed by atoms with Crippen molar-refractivity contribution in [3.8, 4) is 0 Å². The van der Waals surface area contributed by atoms with Crippen molar-refractivity contribution in [3.63, 3.8) is 0 Å². The van der Waals surface area contributed by atoms with Crippen LogP contribution in [-0.4, -0.2) is 29.9 Å². The number of hydrogen-bond acceptors (Lipinski definition) is 4. The predicted octanol–water partition coefficient (Wildman–Crippen LogP) is 3.64. The van der Waals surface area contributed by atoms with Crippen molar-refractivity contribution in [3.05, 3.63) is 43.2 Å². The molecule has 0 bridgehead atoms. The van der Waals surface area contributed by atoms with Crippen molar-refractivity contribution in [2.45, 2.75) is 25.9 Å². The van der Waals surface area contributed by atoms with Crippen molar-refractivity contribution in [1.82, 2.24) is 10.2 Å². The van der Waals surface area contributed by atoms with E-state index < -0.39 is 0 Å². The highest BCUT2D eigenvalue weighted by Crippen LogP contribution is 2.25. The predicted molar refractivity (Wildman–Crippen MR) is 89.6 cm³/mol. The third-order valence-corrected chi connectivity index (χ3v) is 6.07. The van der Waals surface area contributed by atoms with E-state index in [1.165, 1.54) is 21.8 Å². The fraction of sp³-hybridized carbons (Fsp3) is 0.400. The highest BCUT2D eigenvalue weighted by molar-refractivity contribution is 7.18. The summed E-state index contributed by atoms with van der Waals surface area (Å²) in [6.45, 7) is 4.88. The summed E-state index contributed by atoms with van der Waals surface area (Å²) in [4.78, 5) is 16.6. The molecular formula is C15H17ClN2OS2. The Kier molecular flexibility index (Phi) is 4.64. The molecule has 2 aromatic rings. The van der Waals surface area contributed by atoms with Crippen molar-refractivity contribution in [1.29, 1.82) is 0 Å². The normalized spacial score (nSPS) is 16.5. The average molecular weight is 341 g/mol. The van der Waals surface area contributed by atoms with E-state index in [0.29, 0.717) is 21.8 Å². The molecule has 112 valence electrons. The molecule has 1 N–H and O–H groups in total. The highest BCUT2D eigenvalue weighted by Gasteiger charge is 2.21. The number of carbonyl (C=O) groups is 1. The van der Waals surface area contributed by atoms with Gasteiger partial charge in [0.15, 0.2) is 0 Å². The lowest BCUT2D eigenvalue weighted by Crippen LogP contribution is -2.44. The molecule has 1 unspecified atom stereocenters. The van der Waals surface area contributed by atoms with Gasteiger partial charge in [0.05, 0.1) is 9.21 Å². The van der Waals surface area contributed by atoms with E-state index >= 15 is 0 Å². The maximum absolute atomic E-state index is 12.0. The largest absolute Gasteiger partial charge is 0.350 e. The molecule has 2 aromatic heterocycles. The molecule has 0 aliphatic carbocycles. The van der Waals surface area contributed by atoms with Crippen LogP contribution >= 0.6 is 34.3 Å². The Labute approximate surface area is 137 Å². The lowest BCUT2D eigenvalue weighted by atomic mass is 10.1. The van der Waals surface area contributed by atoms with E-state index in [-0.39, 0.29) is 5.91 Å². The van der Waals surface area contributed by atoms with Crippen molar-refractivity contribution in [2.75, 3.05) is 13.1 Å². The van der Waals surface area contributed by atoms with Crippen LogP contribution < -0.4 is 5.32 Å². The molecule has 0 fully saturated rings. The van der Waals surface area contributed by atoms with Gasteiger partial charge in [-0.1, -0.05) is 11.6 Å². The lowest BCUT2D eigenvalue weighted by Gasteiger charge is -2.32. The summed E-state index contributed by atoms with van der Waals surface area (Å²) in [6, 6.07) is 6.07. The number of fused-ring (bicyclic) bond motifs is 1. The number of nitrogens with zero attached hydrogens (tertiary/aromatic N) is 1. The number of thiophene rings is 2. The number of carbonyl (C=O) groups excluding carboxylic acids is 1. The summed E-state index contributed by atoms with van der Waals surface area (Å²) < 4.78 is 0.647. The summed E-state index contributed by atoms with van der Waals surface area (Å²) in [5.41, 5.74) is 1.44. The van der Waals surface area contributed by atoms with Gasteiger partial charge in [-0.05, 0) is 42.5 Å². The van der Waals surface area contributed by atoms with Crippen molar-refractivity contribution < 1.29 is 4.79 Å². The van der Waals surface area contributed by atoms with Crippen molar-refractivity contribution in [2.24, 2.45) is 0 Å². The summed E-state index contributed by atoms with van der Waals surface area (Å²) in [5.74, 6) is -0.0352. The smallest absolute Gasteiger partial charge is 0.261 e. The molecule has 3 rings (SSSR count). The number of halogens is 1. The van der Waals surface area contributed by atoms with Gasteiger partial charge in [-0.3, -0.25) is 9.69 Å². The minimum Gasteiger partial charge on any atom is -0.350 e. The van der Waals surface area contributed by atoms with Gasteiger partial charge in [0.1, 0.15) is 0 Å². The van der Waals surface area contributed by atoms with Gasteiger partial charge in [0, 0.05) is 30.6 Å². The fourth-order valence-corrected chi connectivity index (χ4v) is 4.39. The van der Waals surface area contributed by atoms with Gasteiger partial charge in [-0.2, -0.15) is 0 Å². The monoisotopic (exact) mass is 340 g/mol. The van der Waals surface area contributed by atoms with Crippen LogP contribution in [-0.2, 0) is 13.0 Å². The second-order valence-corrected chi connectivity index (χ2v) is 7.97. The van der Waals surface area contributed by atoms with E-state index in [2.05, 4.69) is 28.6 Å². The van der Waals surface area contributed by atoms with Gasteiger partial charge < -0.3 is 5.32 Å². The first-order chi connectivity index (χ1) is 10.1. The van der Waals surface area contributed by atoms with E-state index in [1.807, 2.05) is 11.3 Å². The second-order valence-electron chi connectivity index (χ2n) is 5.25. The Balaban J connectivity index is 1.53. The van der Waals surface area contributed by atoms with Crippen LogP contribution in [0.5, 0.6) is 0 Å². The molecule has 3 heterocycles. The maximum Gasteiger partial charge on any atom is 0.261 e. The zero-order valence-electron chi connectivity index (χ0n) is 11.8. The Morgan fingerprint density at radius 1 is 1.48 bits per heavy atom. The first-order valence-corrected chi connectivity index (χ1v) is 9.03. The molecule has 1 amide bonds. The van der Waals surface area contributed by atoms with Crippen LogP contribution in [0.25, 0.3) is 0 Å². The Bertz CT molecular complexity index is 637. The quantitative estimate of drug-likeness (QED) is 0.921. The third-order valence-electron chi connectivity index (χ3n) is 3.82. The molecule has 21 heavy (non-hydrogen) atoms. The van der Waals surface area contributed by atoms with E-state index in [9.17, 15) is 4.79 Å². The fourth-order valence-electron chi connectivity index (χ4n) is 2.54. The van der Waals surface area contributed by atoms with E-state index in [4.69, 9.17) is 11.6 Å². The topological polar surface area (TPSA) is 32.3 Å². The number of rotatable bonds is 4. The molecule has 0 spiro atoms. The van der Waals surface area contributed by atoms with Crippen LogP contribution in [0.1, 0.15) is 27.0 Å². The van der Waals surface area contributed by atoms with Gasteiger partial charge >= 0.3 is 0 Å². The summed E-state index contributed by atoms with van der Waals surface area (Å²) >= 11 is 9.02. The van der Waals surface area contributed by atoms with Crippen LogP contribution in [0.3, 0.4) is 0 Å².